The molecule has 0 aliphatic heterocycles. The molecule has 2 aromatic rings. The summed E-state index contributed by atoms with van der Waals surface area (Å²) in [5.41, 5.74) is 2.15. The molecule has 1 aliphatic rings. The van der Waals surface area contributed by atoms with Crippen molar-refractivity contribution in [3.05, 3.63) is 71.8 Å². The van der Waals surface area contributed by atoms with Crippen molar-refractivity contribution in [3.8, 4) is 0 Å². The highest BCUT2D eigenvalue weighted by atomic mass is 28.3. The maximum absolute atomic E-state index is 12.1. The van der Waals surface area contributed by atoms with Crippen LogP contribution in [-0.4, -0.2) is 14.4 Å². The molecule has 0 fully saturated rings. The van der Waals surface area contributed by atoms with Gasteiger partial charge in [0.15, 0.2) is 0 Å². The average molecular weight is 306 g/mol. The Kier molecular flexibility index (Phi) is 3.65. The minimum atomic E-state index is -1.82. The van der Waals surface area contributed by atoms with Gasteiger partial charge in [-0.15, -0.1) is 0 Å². The summed E-state index contributed by atoms with van der Waals surface area (Å²) in [6.45, 7) is 6.84. The van der Waals surface area contributed by atoms with E-state index in [9.17, 15) is 4.79 Å². The molecule has 1 aliphatic carbocycles. The van der Waals surface area contributed by atoms with E-state index >= 15 is 0 Å². The minimum Gasteiger partial charge on any atom is -0.302 e. The van der Waals surface area contributed by atoms with Gasteiger partial charge in [-0.25, -0.2) is 0 Å². The van der Waals surface area contributed by atoms with Gasteiger partial charge in [-0.3, -0.25) is 0 Å². The molecule has 2 aromatic carbocycles. The van der Waals surface area contributed by atoms with Crippen LogP contribution < -0.4 is 5.19 Å². The molecule has 0 unspecified atom stereocenters. The van der Waals surface area contributed by atoms with Crippen molar-refractivity contribution >= 4 is 25.6 Å². The van der Waals surface area contributed by atoms with Gasteiger partial charge in [0.1, 0.15) is 6.29 Å². The second-order valence-corrected chi connectivity index (χ2v) is 11.6. The minimum absolute atomic E-state index is 0.259. The number of hydrogen-bond donors (Lipinski definition) is 0. The third-order valence-corrected chi connectivity index (χ3v) is 9.36. The van der Waals surface area contributed by atoms with E-state index in [-0.39, 0.29) is 5.54 Å². The first-order chi connectivity index (χ1) is 10.5. The van der Waals surface area contributed by atoms with Crippen molar-refractivity contribution in [1.29, 1.82) is 0 Å². The van der Waals surface area contributed by atoms with Gasteiger partial charge in [0.05, 0.1) is 13.5 Å². The fourth-order valence-electron chi connectivity index (χ4n) is 3.87. The molecule has 112 valence electrons. The summed E-state index contributed by atoms with van der Waals surface area (Å²) in [5, 5.41) is 1.40. The van der Waals surface area contributed by atoms with Crippen LogP contribution in [0.3, 0.4) is 0 Å². The summed E-state index contributed by atoms with van der Waals surface area (Å²) in [6, 6.07) is 19.0. The molecule has 2 atom stereocenters. The van der Waals surface area contributed by atoms with Crippen LogP contribution in [0.5, 0.6) is 0 Å². The van der Waals surface area contributed by atoms with Gasteiger partial charge in [0, 0.05) is 0 Å². The largest absolute Gasteiger partial charge is 0.302 e. The first-order valence-electron chi connectivity index (χ1n) is 7.80. The molecule has 22 heavy (non-hydrogen) atoms. The summed E-state index contributed by atoms with van der Waals surface area (Å²) < 4.78 is 0. The molecule has 0 heterocycles. The molecule has 0 spiro atoms. The third-order valence-electron chi connectivity index (χ3n) is 5.20. The van der Waals surface area contributed by atoms with Crippen LogP contribution in [0.25, 0.3) is 6.08 Å². The van der Waals surface area contributed by atoms with Gasteiger partial charge >= 0.3 is 0 Å². The van der Waals surface area contributed by atoms with E-state index in [4.69, 9.17) is 0 Å². The Bertz CT molecular complexity index is 717. The SMILES string of the molecule is C[C@]1(C=O)c2ccccc2C=C[C@H]1[Si](C)(C)c1ccccc1. The summed E-state index contributed by atoms with van der Waals surface area (Å²) in [5.74, 6) is 0. The number of carbonyl (C=O) groups is 1. The maximum Gasteiger partial charge on any atom is 0.130 e. The van der Waals surface area contributed by atoms with Gasteiger partial charge in [-0.1, -0.05) is 85.0 Å². The fraction of sp³-hybridized carbons (Fsp3) is 0.250. The second-order valence-electron chi connectivity index (χ2n) is 6.91. The zero-order chi connectivity index (χ0) is 15.8. The molecule has 0 saturated carbocycles. The summed E-state index contributed by atoms with van der Waals surface area (Å²) in [4.78, 5) is 12.1. The van der Waals surface area contributed by atoms with Crippen LogP contribution in [0.1, 0.15) is 18.1 Å². The van der Waals surface area contributed by atoms with Crippen LogP contribution in [0, 0.1) is 0 Å². The van der Waals surface area contributed by atoms with Gasteiger partial charge in [0.25, 0.3) is 0 Å². The molecule has 0 radical (unpaired) electrons. The van der Waals surface area contributed by atoms with E-state index in [0.29, 0.717) is 0 Å². The van der Waals surface area contributed by atoms with Crippen LogP contribution >= 0.6 is 0 Å². The smallest absolute Gasteiger partial charge is 0.130 e. The van der Waals surface area contributed by atoms with Crippen molar-refractivity contribution in [2.75, 3.05) is 0 Å². The lowest BCUT2D eigenvalue weighted by molar-refractivity contribution is -0.112. The topological polar surface area (TPSA) is 17.1 Å². The van der Waals surface area contributed by atoms with Gasteiger partial charge < -0.3 is 4.79 Å². The highest BCUT2D eigenvalue weighted by Gasteiger charge is 2.47. The summed E-state index contributed by atoms with van der Waals surface area (Å²) >= 11 is 0. The Morgan fingerprint density at radius 1 is 1.00 bits per heavy atom. The van der Waals surface area contributed by atoms with Crippen molar-refractivity contribution in [1.82, 2.24) is 0 Å². The van der Waals surface area contributed by atoms with E-state index in [1.165, 1.54) is 10.8 Å². The summed E-state index contributed by atoms with van der Waals surface area (Å²) in [7, 11) is -1.82. The fourth-order valence-corrected chi connectivity index (χ4v) is 7.59. The van der Waals surface area contributed by atoms with Crippen LogP contribution in [0.4, 0.5) is 0 Å². The number of fused-ring (bicyclic) bond motifs is 1. The Hall–Kier alpha value is -1.93. The zero-order valence-electron chi connectivity index (χ0n) is 13.4. The number of hydrogen-bond acceptors (Lipinski definition) is 1. The zero-order valence-corrected chi connectivity index (χ0v) is 14.4. The molecular weight excluding hydrogens is 284 g/mol. The van der Waals surface area contributed by atoms with Gasteiger partial charge in [-0.2, -0.15) is 0 Å². The highest BCUT2D eigenvalue weighted by Crippen LogP contribution is 2.46. The monoisotopic (exact) mass is 306 g/mol. The second kappa shape index (κ2) is 5.36. The normalized spacial score (nSPS) is 23.9. The van der Waals surface area contributed by atoms with E-state index in [0.717, 1.165) is 11.8 Å². The number of rotatable bonds is 3. The van der Waals surface area contributed by atoms with E-state index in [1.54, 1.807) is 0 Å². The molecule has 0 amide bonds. The van der Waals surface area contributed by atoms with E-state index < -0.39 is 13.5 Å². The predicted molar refractivity (Wildman–Crippen MR) is 96.2 cm³/mol. The van der Waals surface area contributed by atoms with Crippen LogP contribution in [0.15, 0.2) is 60.7 Å². The maximum atomic E-state index is 12.1. The third kappa shape index (κ3) is 2.19. The van der Waals surface area contributed by atoms with E-state index in [1.807, 2.05) is 12.1 Å². The van der Waals surface area contributed by atoms with Gasteiger partial charge in [0.2, 0.25) is 0 Å². The van der Waals surface area contributed by atoms with Crippen molar-refractivity contribution in [2.24, 2.45) is 0 Å². The Labute approximate surface area is 133 Å². The first-order valence-corrected chi connectivity index (χ1v) is 10.9. The first kappa shape index (κ1) is 15.0. The molecule has 0 saturated heterocycles. The van der Waals surface area contributed by atoms with Crippen molar-refractivity contribution in [3.63, 3.8) is 0 Å². The number of carbonyl (C=O) groups excluding carboxylic acids is 1. The Morgan fingerprint density at radius 2 is 1.64 bits per heavy atom. The molecule has 0 N–H and O–H groups in total. The highest BCUT2D eigenvalue weighted by molar-refractivity contribution is 6.91. The molecule has 3 rings (SSSR count). The lowest BCUT2D eigenvalue weighted by Gasteiger charge is -2.44. The quantitative estimate of drug-likeness (QED) is 0.615. The van der Waals surface area contributed by atoms with E-state index in [2.05, 4.69) is 74.6 Å². The van der Waals surface area contributed by atoms with Crippen LogP contribution in [0.2, 0.25) is 18.6 Å². The summed E-state index contributed by atoms with van der Waals surface area (Å²) in [6.07, 6.45) is 5.64. The van der Waals surface area contributed by atoms with Crippen molar-refractivity contribution in [2.45, 2.75) is 31.0 Å². The average Bonchev–Trinajstić information content (AvgIpc) is 2.56. The molecule has 2 heteroatoms. The number of allylic oxidation sites excluding steroid dienone is 1. The number of aldehydes is 1. The van der Waals surface area contributed by atoms with Gasteiger partial charge in [-0.05, 0) is 23.6 Å². The number of benzene rings is 2. The molecular formula is C20H22OSi. The molecule has 0 bridgehead atoms. The Morgan fingerprint density at radius 3 is 2.32 bits per heavy atom. The van der Waals surface area contributed by atoms with Crippen LogP contribution in [-0.2, 0) is 10.2 Å². The lowest BCUT2D eigenvalue weighted by atomic mass is 9.75. The predicted octanol–water partition coefficient (Wildman–Crippen LogP) is 4.16. The van der Waals surface area contributed by atoms with Crippen molar-refractivity contribution < 1.29 is 4.79 Å². The molecule has 0 aromatic heterocycles. The standard InChI is InChI=1S/C20H22OSi/c1-20(15-21)18-12-8-7-9-16(18)13-14-19(20)22(2,3)17-10-5-4-6-11-17/h4-15,19H,1-3H3/t19-,20+/m1/s1. The lowest BCUT2D eigenvalue weighted by Crippen LogP contribution is -2.53. The Balaban J connectivity index is 2.14. The molecule has 1 nitrogen and oxygen atoms in total.